The van der Waals surface area contributed by atoms with Crippen LogP contribution in [0.5, 0.6) is 0 Å². The molecule has 0 saturated heterocycles. The van der Waals surface area contributed by atoms with Crippen molar-refractivity contribution in [2.24, 2.45) is 0 Å². The minimum absolute atomic E-state index is 0.128. The normalized spacial score (nSPS) is 11.5. The molecule has 0 atom stereocenters. The van der Waals surface area contributed by atoms with Gasteiger partial charge < -0.3 is 0 Å². The summed E-state index contributed by atoms with van der Waals surface area (Å²) in [5.41, 5.74) is -1.07. The number of aromatic nitrogens is 1. The van der Waals surface area contributed by atoms with Crippen molar-refractivity contribution in [3.05, 3.63) is 21.0 Å². The molecule has 86 valence electrons. The van der Waals surface area contributed by atoms with Gasteiger partial charge in [-0.3, -0.25) is 0 Å². The first kappa shape index (κ1) is 13.5. The molecule has 4 nitrogen and oxygen atoms in total. The number of nitrogens with zero attached hydrogens (tertiary/aromatic N) is 2. The maximum absolute atomic E-state index is 12.4. The Morgan fingerprint density at radius 3 is 2.50 bits per heavy atom. The standard InChI is InChI=1S/C7H2ClF2IN2O2S/c8-16(14,15)5-1-4(6(9)10)13-7(11)3(5)2-12/h1,6H. The summed E-state index contributed by atoms with van der Waals surface area (Å²) in [4.78, 5) is 2.76. The second kappa shape index (κ2) is 4.77. The summed E-state index contributed by atoms with van der Waals surface area (Å²) in [6.45, 7) is 0. The van der Waals surface area contributed by atoms with Crippen molar-refractivity contribution in [2.45, 2.75) is 11.3 Å². The number of nitriles is 1. The third-order valence-corrected chi connectivity index (χ3v) is 3.68. The fraction of sp³-hybridized carbons (Fsp3) is 0.143. The van der Waals surface area contributed by atoms with Gasteiger partial charge in [0.1, 0.15) is 25.9 Å². The molecule has 0 saturated carbocycles. The van der Waals surface area contributed by atoms with E-state index in [9.17, 15) is 17.2 Å². The van der Waals surface area contributed by atoms with Crippen LogP contribution < -0.4 is 0 Å². The third kappa shape index (κ3) is 2.78. The molecule has 0 N–H and O–H groups in total. The quantitative estimate of drug-likeness (QED) is 0.450. The molecule has 0 aliphatic rings. The number of halogens is 4. The van der Waals surface area contributed by atoms with Crippen molar-refractivity contribution in [3.8, 4) is 6.07 Å². The SMILES string of the molecule is N#Cc1c(S(=O)(=O)Cl)cc(C(F)F)nc1I. The predicted octanol–water partition coefficient (Wildman–Crippen LogP) is 2.42. The van der Waals surface area contributed by atoms with E-state index in [1.165, 1.54) is 22.6 Å². The Morgan fingerprint density at radius 2 is 2.12 bits per heavy atom. The lowest BCUT2D eigenvalue weighted by Gasteiger charge is -2.05. The summed E-state index contributed by atoms with van der Waals surface area (Å²) in [5.74, 6) is 0. The molecule has 9 heteroatoms. The number of hydrogen-bond acceptors (Lipinski definition) is 4. The van der Waals surface area contributed by atoms with Gasteiger partial charge in [0.2, 0.25) is 0 Å². The molecule has 0 aliphatic carbocycles. The van der Waals surface area contributed by atoms with Gasteiger partial charge in [0.05, 0.1) is 0 Å². The van der Waals surface area contributed by atoms with Gasteiger partial charge in [-0.25, -0.2) is 22.2 Å². The Labute approximate surface area is 108 Å². The summed E-state index contributed by atoms with van der Waals surface area (Å²) >= 11 is 1.49. The van der Waals surface area contributed by atoms with E-state index in [2.05, 4.69) is 4.98 Å². The fourth-order valence-corrected chi connectivity index (χ4v) is 2.80. The van der Waals surface area contributed by atoms with Gasteiger partial charge in [0, 0.05) is 10.7 Å². The fourth-order valence-electron chi connectivity index (χ4n) is 0.915. The maximum Gasteiger partial charge on any atom is 0.280 e. The van der Waals surface area contributed by atoms with E-state index in [4.69, 9.17) is 15.9 Å². The molecule has 0 radical (unpaired) electrons. The summed E-state index contributed by atoms with van der Waals surface area (Å²) in [6.07, 6.45) is -2.93. The van der Waals surface area contributed by atoms with Crippen LogP contribution in [-0.4, -0.2) is 13.4 Å². The van der Waals surface area contributed by atoms with Crippen LogP contribution in [0.3, 0.4) is 0 Å². The zero-order chi connectivity index (χ0) is 12.5. The molecule has 0 fully saturated rings. The molecule has 0 bridgehead atoms. The third-order valence-electron chi connectivity index (χ3n) is 1.56. The number of pyridine rings is 1. The highest BCUT2D eigenvalue weighted by molar-refractivity contribution is 14.1. The van der Waals surface area contributed by atoms with E-state index in [0.717, 1.165) is 0 Å². The van der Waals surface area contributed by atoms with Crippen molar-refractivity contribution >= 4 is 42.3 Å². The van der Waals surface area contributed by atoms with Crippen LogP contribution in [0.1, 0.15) is 17.7 Å². The van der Waals surface area contributed by atoms with Crippen LogP contribution in [-0.2, 0) is 9.05 Å². The zero-order valence-electron chi connectivity index (χ0n) is 7.29. The lowest BCUT2D eigenvalue weighted by molar-refractivity contribution is 0.145. The minimum Gasteiger partial charge on any atom is -0.239 e. The van der Waals surface area contributed by atoms with Gasteiger partial charge in [0.15, 0.2) is 0 Å². The molecule has 0 aliphatic heterocycles. The molecule has 0 spiro atoms. The number of hydrogen-bond donors (Lipinski definition) is 0. The largest absolute Gasteiger partial charge is 0.280 e. The molecule has 1 heterocycles. The summed E-state index contributed by atoms with van der Waals surface area (Å²) in [5, 5.41) is 8.69. The Balaban J connectivity index is 3.64. The van der Waals surface area contributed by atoms with Crippen molar-refractivity contribution in [3.63, 3.8) is 0 Å². The molecule has 1 rings (SSSR count). The Kier molecular flexibility index (Phi) is 4.03. The lowest BCUT2D eigenvalue weighted by atomic mass is 10.2. The van der Waals surface area contributed by atoms with Crippen molar-refractivity contribution in [1.82, 2.24) is 4.98 Å². The highest BCUT2D eigenvalue weighted by atomic mass is 127. The zero-order valence-corrected chi connectivity index (χ0v) is 11.0. The molecule has 0 amide bonds. The van der Waals surface area contributed by atoms with Crippen LogP contribution in [0, 0.1) is 15.0 Å². The smallest absolute Gasteiger partial charge is 0.239 e. The maximum atomic E-state index is 12.4. The first-order valence-electron chi connectivity index (χ1n) is 3.60. The average molecular weight is 379 g/mol. The highest BCUT2D eigenvalue weighted by Crippen LogP contribution is 2.27. The van der Waals surface area contributed by atoms with Gasteiger partial charge in [-0.05, 0) is 28.7 Å². The van der Waals surface area contributed by atoms with E-state index >= 15 is 0 Å². The predicted molar refractivity (Wildman–Crippen MR) is 59.7 cm³/mol. The first-order chi connectivity index (χ1) is 7.27. The van der Waals surface area contributed by atoms with E-state index < -0.39 is 26.1 Å². The molecule has 1 aromatic heterocycles. The summed E-state index contributed by atoms with van der Waals surface area (Å²) in [7, 11) is 0.784. The van der Waals surface area contributed by atoms with Gasteiger partial charge in [0.25, 0.3) is 15.5 Å². The van der Waals surface area contributed by atoms with Crippen LogP contribution >= 0.6 is 33.3 Å². The second-order valence-electron chi connectivity index (χ2n) is 2.56. The van der Waals surface area contributed by atoms with Gasteiger partial charge in [-0.15, -0.1) is 0 Å². The van der Waals surface area contributed by atoms with Crippen molar-refractivity contribution < 1.29 is 17.2 Å². The molecular formula is C7H2ClF2IN2O2S. The van der Waals surface area contributed by atoms with Crippen LogP contribution in [0.4, 0.5) is 8.78 Å². The summed E-state index contributed by atoms with van der Waals surface area (Å²) in [6, 6.07) is 2.16. The molecule has 0 unspecified atom stereocenters. The Morgan fingerprint density at radius 1 is 1.56 bits per heavy atom. The van der Waals surface area contributed by atoms with Gasteiger partial charge in [-0.2, -0.15) is 5.26 Å². The molecule has 1 aromatic rings. The highest BCUT2D eigenvalue weighted by Gasteiger charge is 2.23. The van der Waals surface area contributed by atoms with Gasteiger partial charge >= 0.3 is 0 Å². The topological polar surface area (TPSA) is 70.8 Å². The van der Waals surface area contributed by atoms with Gasteiger partial charge in [-0.1, -0.05) is 0 Å². The lowest BCUT2D eigenvalue weighted by Crippen LogP contribution is -2.04. The van der Waals surface area contributed by atoms with E-state index in [1.54, 1.807) is 6.07 Å². The van der Waals surface area contributed by atoms with Crippen molar-refractivity contribution in [2.75, 3.05) is 0 Å². The molecule has 0 aromatic carbocycles. The Bertz CT molecular complexity index is 570. The van der Waals surface area contributed by atoms with E-state index in [1.807, 2.05) is 0 Å². The number of rotatable bonds is 2. The van der Waals surface area contributed by atoms with Crippen LogP contribution in [0.2, 0.25) is 0 Å². The second-order valence-corrected chi connectivity index (χ2v) is 6.12. The molecule has 16 heavy (non-hydrogen) atoms. The van der Waals surface area contributed by atoms with E-state index in [0.29, 0.717) is 6.07 Å². The monoisotopic (exact) mass is 378 g/mol. The average Bonchev–Trinajstić information content (AvgIpc) is 2.14. The Hall–Kier alpha value is -0.530. The number of alkyl halides is 2. The minimum atomic E-state index is -4.25. The molecular weight excluding hydrogens is 377 g/mol. The van der Waals surface area contributed by atoms with E-state index in [-0.39, 0.29) is 9.26 Å². The van der Waals surface area contributed by atoms with Crippen LogP contribution in [0.15, 0.2) is 11.0 Å². The van der Waals surface area contributed by atoms with Crippen LogP contribution in [0.25, 0.3) is 0 Å². The van der Waals surface area contributed by atoms with Crippen molar-refractivity contribution in [1.29, 1.82) is 5.26 Å². The first-order valence-corrected chi connectivity index (χ1v) is 6.99. The summed E-state index contributed by atoms with van der Waals surface area (Å²) < 4.78 is 46.8.